The largest absolute Gasteiger partial charge is 0.269 e. The Morgan fingerprint density at radius 3 is 1.23 bits per heavy atom. The van der Waals surface area contributed by atoms with Crippen LogP contribution < -0.4 is 0 Å². The molecule has 0 unspecified atom stereocenters. The zero-order chi connectivity index (χ0) is 15.9. The van der Waals surface area contributed by atoms with Gasteiger partial charge in [0.15, 0.2) is 0 Å². The van der Waals surface area contributed by atoms with Gasteiger partial charge in [-0.2, -0.15) is 0 Å². The van der Waals surface area contributed by atoms with Gasteiger partial charge in [-0.05, 0) is 36.1 Å². The molecule has 6 heteroatoms. The number of non-ortho nitro benzene ring substituents is 2. The van der Waals surface area contributed by atoms with Crippen LogP contribution in [0.15, 0.2) is 48.5 Å². The van der Waals surface area contributed by atoms with Crippen molar-refractivity contribution in [3.8, 4) is 23.7 Å². The number of hydrogen-bond acceptors (Lipinski definition) is 4. The molecule has 2 rings (SSSR count). The molecular formula is C16H8N2O4. The highest BCUT2D eigenvalue weighted by Gasteiger charge is 2.02. The minimum atomic E-state index is -0.481. The second-order valence-corrected chi connectivity index (χ2v) is 4.11. The van der Waals surface area contributed by atoms with E-state index in [0.29, 0.717) is 11.1 Å². The minimum Gasteiger partial charge on any atom is -0.258 e. The smallest absolute Gasteiger partial charge is 0.258 e. The predicted molar refractivity (Wildman–Crippen MR) is 79.9 cm³/mol. The maximum absolute atomic E-state index is 10.5. The summed E-state index contributed by atoms with van der Waals surface area (Å²) in [6, 6.07) is 11.6. The van der Waals surface area contributed by atoms with Gasteiger partial charge in [0.1, 0.15) is 0 Å². The van der Waals surface area contributed by atoms with Gasteiger partial charge in [0, 0.05) is 35.4 Å². The molecule has 2 aromatic carbocycles. The Balaban J connectivity index is 2.07. The van der Waals surface area contributed by atoms with E-state index in [0.717, 1.165) is 0 Å². The van der Waals surface area contributed by atoms with Gasteiger partial charge in [0.05, 0.1) is 9.85 Å². The first-order valence-electron chi connectivity index (χ1n) is 6.07. The fourth-order valence-corrected chi connectivity index (χ4v) is 1.54. The number of nitrogens with zero attached hydrogens (tertiary/aromatic N) is 2. The van der Waals surface area contributed by atoms with Crippen molar-refractivity contribution >= 4 is 11.4 Å². The first-order valence-corrected chi connectivity index (χ1v) is 6.07. The lowest BCUT2D eigenvalue weighted by molar-refractivity contribution is -0.385. The second kappa shape index (κ2) is 6.69. The Morgan fingerprint density at radius 1 is 0.636 bits per heavy atom. The van der Waals surface area contributed by atoms with Crippen LogP contribution in [0, 0.1) is 43.9 Å². The molecule has 0 aliphatic carbocycles. The summed E-state index contributed by atoms with van der Waals surface area (Å²) in [5.41, 5.74) is 1.23. The van der Waals surface area contributed by atoms with Crippen LogP contribution in [-0.2, 0) is 0 Å². The Labute approximate surface area is 125 Å². The zero-order valence-corrected chi connectivity index (χ0v) is 11.1. The molecule has 0 heterocycles. The van der Waals surface area contributed by atoms with Crippen LogP contribution in [0.1, 0.15) is 11.1 Å². The number of rotatable bonds is 2. The molecule has 0 atom stereocenters. The van der Waals surface area contributed by atoms with E-state index in [1.165, 1.54) is 24.3 Å². The second-order valence-electron chi connectivity index (χ2n) is 4.11. The van der Waals surface area contributed by atoms with Crippen molar-refractivity contribution in [1.29, 1.82) is 0 Å². The van der Waals surface area contributed by atoms with Crippen molar-refractivity contribution in [3.05, 3.63) is 79.9 Å². The first kappa shape index (κ1) is 14.8. The topological polar surface area (TPSA) is 86.3 Å². The van der Waals surface area contributed by atoms with Gasteiger partial charge >= 0.3 is 0 Å². The summed E-state index contributed by atoms with van der Waals surface area (Å²) >= 11 is 0. The average Bonchev–Trinajstić information content (AvgIpc) is 2.52. The maximum Gasteiger partial charge on any atom is 0.269 e. The summed E-state index contributed by atoms with van der Waals surface area (Å²) in [7, 11) is 0. The van der Waals surface area contributed by atoms with Gasteiger partial charge in [-0.25, -0.2) is 0 Å². The zero-order valence-electron chi connectivity index (χ0n) is 11.1. The quantitative estimate of drug-likeness (QED) is 0.484. The fraction of sp³-hybridized carbons (Fsp3) is 0. The van der Waals surface area contributed by atoms with Gasteiger partial charge in [-0.3, -0.25) is 20.2 Å². The molecule has 0 amide bonds. The van der Waals surface area contributed by atoms with E-state index < -0.39 is 9.85 Å². The number of nitro groups is 2. The third kappa shape index (κ3) is 3.92. The summed E-state index contributed by atoms with van der Waals surface area (Å²) < 4.78 is 0. The molecule has 0 aromatic heterocycles. The molecule has 106 valence electrons. The standard InChI is InChI=1S/C16H8N2O4/c19-17(20)15-9-5-13(6-10-15)3-1-2-4-14-7-11-16(12-8-14)18(21)22/h5-12H. The molecule has 0 spiro atoms. The Kier molecular flexibility index (Phi) is 4.49. The normalized spacial score (nSPS) is 8.91. The first-order chi connectivity index (χ1) is 10.6. The molecule has 0 bridgehead atoms. The lowest BCUT2D eigenvalue weighted by Gasteiger charge is -1.90. The van der Waals surface area contributed by atoms with E-state index in [9.17, 15) is 20.2 Å². The molecule has 0 saturated carbocycles. The molecule has 6 nitrogen and oxygen atoms in total. The van der Waals surface area contributed by atoms with Crippen molar-refractivity contribution in [2.45, 2.75) is 0 Å². The molecule has 0 fully saturated rings. The van der Waals surface area contributed by atoms with Gasteiger partial charge in [0.25, 0.3) is 11.4 Å². The average molecular weight is 292 g/mol. The van der Waals surface area contributed by atoms with Crippen LogP contribution in [0.3, 0.4) is 0 Å². The molecule has 0 aliphatic heterocycles. The summed E-state index contributed by atoms with van der Waals surface area (Å²) in [5.74, 6) is 10.8. The van der Waals surface area contributed by atoms with Crippen molar-refractivity contribution < 1.29 is 9.85 Å². The summed E-state index contributed by atoms with van der Waals surface area (Å²) in [4.78, 5) is 20.0. The summed E-state index contributed by atoms with van der Waals surface area (Å²) in [6.07, 6.45) is 0. The highest BCUT2D eigenvalue weighted by Crippen LogP contribution is 2.11. The van der Waals surface area contributed by atoms with Gasteiger partial charge in [-0.15, -0.1) is 0 Å². The highest BCUT2D eigenvalue weighted by atomic mass is 16.6. The van der Waals surface area contributed by atoms with Gasteiger partial charge in [-0.1, -0.05) is 11.8 Å². The molecule has 0 saturated heterocycles. The number of nitro benzene ring substituents is 2. The van der Waals surface area contributed by atoms with E-state index in [4.69, 9.17) is 0 Å². The van der Waals surface area contributed by atoms with E-state index >= 15 is 0 Å². The van der Waals surface area contributed by atoms with Crippen molar-refractivity contribution in [1.82, 2.24) is 0 Å². The third-order valence-corrected chi connectivity index (χ3v) is 2.63. The van der Waals surface area contributed by atoms with Gasteiger partial charge < -0.3 is 0 Å². The molecule has 0 aliphatic rings. The van der Waals surface area contributed by atoms with Crippen LogP contribution in [-0.4, -0.2) is 9.85 Å². The minimum absolute atomic E-state index is 0.00233. The SMILES string of the molecule is O=[N+]([O-])c1ccc(C#CC#Cc2ccc([N+](=O)[O-])cc2)cc1. The van der Waals surface area contributed by atoms with E-state index in [2.05, 4.69) is 23.7 Å². The summed E-state index contributed by atoms with van der Waals surface area (Å²) in [5, 5.41) is 21.0. The molecule has 22 heavy (non-hydrogen) atoms. The molecular weight excluding hydrogens is 284 g/mol. The predicted octanol–water partition coefficient (Wildman–Crippen LogP) is 2.91. The van der Waals surface area contributed by atoms with E-state index in [-0.39, 0.29) is 11.4 Å². The van der Waals surface area contributed by atoms with E-state index in [1.807, 2.05) is 0 Å². The molecule has 2 aromatic rings. The molecule has 0 N–H and O–H groups in total. The Morgan fingerprint density at radius 2 is 0.955 bits per heavy atom. The van der Waals surface area contributed by atoms with Crippen LogP contribution in [0.4, 0.5) is 11.4 Å². The molecule has 0 radical (unpaired) electrons. The van der Waals surface area contributed by atoms with Crippen LogP contribution in [0.5, 0.6) is 0 Å². The van der Waals surface area contributed by atoms with Crippen molar-refractivity contribution in [2.24, 2.45) is 0 Å². The number of hydrogen-bond donors (Lipinski definition) is 0. The third-order valence-electron chi connectivity index (χ3n) is 2.63. The van der Waals surface area contributed by atoms with Crippen LogP contribution in [0.2, 0.25) is 0 Å². The summed E-state index contributed by atoms with van der Waals surface area (Å²) in [6.45, 7) is 0. The number of benzene rings is 2. The highest BCUT2D eigenvalue weighted by molar-refractivity contribution is 5.47. The Bertz CT molecular complexity index is 759. The van der Waals surface area contributed by atoms with Crippen molar-refractivity contribution in [3.63, 3.8) is 0 Å². The maximum atomic E-state index is 10.5. The van der Waals surface area contributed by atoms with E-state index in [1.54, 1.807) is 24.3 Å². The van der Waals surface area contributed by atoms with Crippen LogP contribution in [0.25, 0.3) is 0 Å². The monoisotopic (exact) mass is 292 g/mol. The lowest BCUT2D eigenvalue weighted by Crippen LogP contribution is -1.87. The fourth-order valence-electron chi connectivity index (χ4n) is 1.54. The lowest BCUT2D eigenvalue weighted by atomic mass is 10.2. The Hall–Kier alpha value is -3.64. The van der Waals surface area contributed by atoms with Gasteiger partial charge in [0.2, 0.25) is 0 Å². The van der Waals surface area contributed by atoms with Crippen LogP contribution >= 0.6 is 0 Å². The van der Waals surface area contributed by atoms with Crippen molar-refractivity contribution in [2.75, 3.05) is 0 Å².